The van der Waals surface area contributed by atoms with Crippen LogP contribution in [-0.4, -0.2) is 58.3 Å². The highest BCUT2D eigenvalue weighted by molar-refractivity contribution is 5.99. The van der Waals surface area contributed by atoms with Gasteiger partial charge in [0.15, 0.2) is 5.82 Å². The number of benzene rings is 1. The summed E-state index contributed by atoms with van der Waals surface area (Å²) in [4.78, 5) is 21.5. The Kier molecular flexibility index (Phi) is 4.50. The Morgan fingerprint density at radius 3 is 2.88 bits per heavy atom. The standard InChI is InChI=1S/C18H23N5O2/c1-2-16-19-17(21-20-16)15-12-22(10-11-25-15)14-8-9-23(18(14)24)13-6-4-3-5-7-13/h3-7,14-15H,2,8-12H2,1H3,(H,19,20,21)/t14-,15-/m0/s1. The van der Waals surface area contributed by atoms with Gasteiger partial charge < -0.3 is 9.64 Å². The Balaban J connectivity index is 1.46. The number of hydrogen-bond donors (Lipinski definition) is 1. The van der Waals surface area contributed by atoms with Crippen molar-refractivity contribution in [1.29, 1.82) is 0 Å². The molecule has 7 nitrogen and oxygen atoms in total. The van der Waals surface area contributed by atoms with Crippen LogP contribution in [0.3, 0.4) is 0 Å². The summed E-state index contributed by atoms with van der Waals surface area (Å²) in [5.41, 5.74) is 0.973. The molecule has 1 aromatic carbocycles. The molecule has 0 unspecified atom stereocenters. The van der Waals surface area contributed by atoms with Crippen molar-refractivity contribution in [2.75, 3.05) is 31.1 Å². The van der Waals surface area contributed by atoms with Crippen LogP contribution in [0, 0.1) is 0 Å². The molecule has 2 atom stereocenters. The number of carbonyl (C=O) groups excluding carboxylic acids is 1. The molecule has 0 aliphatic carbocycles. The van der Waals surface area contributed by atoms with E-state index in [1.807, 2.05) is 42.2 Å². The van der Waals surface area contributed by atoms with Gasteiger partial charge in [0, 0.05) is 31.7 Å². The van der Waals surface area contributed by atoms with Crippen LogP contribution in [0.2, 0.25) is 0 Å². The molecule has 0 spiro atoms. The van der Waals surface area contributed by atoms with Crippen molar-refractivity contribution in [1.82, 2.24) is 20.1 Å². The van der Waals surface area contributed by atoms with Gasteiger partial charge in [0.2, 0.25) is 5.91 Å². The quantitative estimate of drug-likeness (QED) is 0.913. The first-order chi connectivity index (χ1) is 12.3. The normalized spacial score (nSPS) is 24.8. The number of rotatable bonds is 4. The predicted molar refractivity (Wildman–Crippen MR) is 93.2 cm³/mol. The molecule has 2 aliphatic heterocycles. The Morgan fingerprint density at radius 1 is 1.28 bits per heavy atom. The molecule has 132 valence electrons. The number of hydrogen-bond acceptors (Lipinski definition) is 5. The van der Waals surface area contributed by atoms with Crippen LogP contribution in [0.4, 0.5) is 5.69 Å². The number of amides is 1. The first kappa shape index (κ1) is 16.2. The van der Waals surface area contributed by atoms with E-state index in [0.717, 1.165) is 37.4 Å². The van der Waals surface area contributed by atoms with Crippen LogP contribution in [0.25, 0.3) is 0 Å². The largest absolute Gasteiger partial charge is 0.367 e. The average molecular weight is 341 g/mol. The lowest BCUT2D eigenvalue weighted by molar-refractivity contribution is -0.125. The second kappa shape index (κ2) is 6.93. The van der Waals surface area contributed by atoms with E-state index in [0.29, 0.717) is 19.0 Å². The minimum Gasteiger partial charge on any atom is -0.367 e. The Bertz CT molecular complexity index is 732. The highest BCUT2D eigenvalue weighted by Gasteiger charge is 2.39. The Labute approximate surface area is 147 Å². The van der Waals surface area contributed by atoms with Crippen molar-refractivity contribution < 1.29 is 9.53 Å². The van der Waals surface area contributed by atoms with E-state index in [4.69, 9.17) is 4.74 Å². The maximum atomic E-state index is 12.9. The van der Waals surface area contributed by atoms with E-state index in [-0.39, 0.29) is 18.1 Å². The van der Waals surface area contributed by atoms with Crippen molar-refractivity contribution in [2.24, 2.45) is 0 Å². The molecule has 7 heteroatoms. The summed E-state index contributed by atoms with van der Waals surface area (Å²) < 4.78 is 5.85. The van der Waals surface area contributed by atoms with Crippen molar-refractivity contribution >= 4 is 11.6 Å². The van der Waals surface area contributed by atoms with Gasteiger partial charge in [-0.3, -0.25) is 14.8 Å². The molecule has 1 N–H and O–H groups in total. The number of morpholine rings is 1. The van der Waals surface area contributed by atoms with Crippen LogP contribution < -0.4 is 4.90 Å². The van der Waals surface area contributed by atoms with E-state index in [1.54, 1.807) is 0 Å². The zero-order valence-corrected chi connectivity index (χ0v) is 14.4. The van der Waals surface area contributed by atoms with Gasteiger partial charge >= 0.3 is 0 Å². The molecule has 2 fully saturated rings. The van der Waals surface area contributed by atoms with Gasteiger partial charge in [0.1, 0.15) is 11.9 Å². The van der Waals surface area contributed by atoms with E-state index in [2.05, 4.69) is 20.1 Å². The van der Waals surface area contributed by atoms with Crippen LogP contribution >= 0.6 is 0 Å². The summed E-state index contributed by atoms with van der Waals surface area (Å²) in [6, 6.07) is 9.79. The molecule has 0 bridgehead atoms. The van der Waals surface area contributed by atoms with Gasteiger partial charge in [-0.2, -0.15) is 5.10 Å². The summed E-state index contributed by atoms with van der Waals surface area (Å²) in [6.45, 7) is 4.81. The number of aryl methyl sites for hydroxylation is 1. The van der Waals surface area contributed by atoms with Crippen LogP contribution in [0.5, 0.6) is 0 Å². The lowest BCUT2D eigenvalue weighted by atomic mass is 10.1. The zero-order chi connectivity index (χ0) is 17.2. The van der Waals surface area contributed by atoms with E-state index in [1.165, 1.54) is 0 Å². The molecule has 4 rings (SSSR count). The molecular formula is C18H23N5O2. The van der Waals surface area contributed by atoms with E-state index < -0.39 is 0 Å². The maximum Gasteiger partial charge on any atom is 0.244 e. The highest BCUT2D eigenvalue weighted by Crippen LogP contribution is 2.28. The molecule has 0 saturated carbocycles. The number of aromatic nitrogens is 3. The smallest absolute Gasteiger partial charge is 0.244 e. The fourth-order valence-electron chi connectivity index (χ4n) is 3.59. The van der Waals surface area contributed by atoms with Gasteiger partial charge in [-0.05, 0) is 18.6 Å². The Morgan fingerprint density at radius 2 is 2.12 bits per heavy atom. The van der Waals surface area contributed by atoms with Gasteiger partial charge in [0.25, 0.3) is 0 Å². The van der Waals surface area contributed by atoms with Gasteiger partial charge in [0.05, 0.1) is 12.6 Å². The number of H-pyrrole nitrogens is 1. The second-order valence-corrected chi connectivity index (χ2v) is 6.48. The van der Waals surface area contributed by atoms with Crippen molar-refractivity contribution in [2.45, 2.75) is 31.9 Å². The molecule has 3 heterocycles. The summed E-state index contributed by atoms with van der Waals surface area (Å²) in [7, 11) is 0. The van der Waals surface area contributed by atoms with E-state index >= 15 is 0 Å². The number of aromatic amines is 1. The number of nitrogens with zero attached hydrogens (tertiary/aromatic N) is 4. The molecule has 2 aliphatic rings. The molecule has 2 aromatic rings. The number of para-hydroxylation sites is 1. The number of ether oxygens (including phenoxy) is 1. The number of anilines is 1. The summed E-state index contributed by atoms with van der Waals surface area (Å²) in [5, 5.41) is 7.21. The summed E-state index contributed by atoms with van der Waals surface area (Å²) in [6.07, 6.45) is 1.48. The average Bonchev–Trinajstić information content (AvgIpc) is 3.29. The lowest BCUT2D eigenvalue weighted by Crippen LogP contribution is -2.48. The Hall–Kier alpha value is -2.25. The minimum absolute atomic E-state index is 0.0869. The third-order valence-corrected chi connectivity index (χ3v) is 4.96. The lowest BCUT2D eigenvalue weighted by Gasteiger charge is -2.34. The van der Waals surface area contributed by atoms with E-state index in [9.17, 15) is 4.79 Å². The fraction of sp³-hybridized carbons (Fsp3) is 0.500. The second-order valence-electron chi connectivity index (χ2n) is 6.48. The van der Waals surface area contributed by atoms with Crippen LogP contribution in [0.1, 0.15) is 31.1 Å². The number of nitrogens with one attached hydrogen (secondary N) is 1. The molecule has 0 radical (unpaired) electrons. The minimum atomic E-state index is -0.177. The molecule has 25 heavy (non-hydrogen) atoms. The highest BCUT2D eigenvalue weighted by atomic mass is 16.5. The van der Waals surface area contributed by atoms with Crippen molar-refractivity contribution in [3.63, 3.8) is 0 Å². The predicted octanol–water partition coefficient (Wildman–Crippen LogP) is 1.55. The van der Waals surface area contributed by atoms with Gasteiger partial charge in [-0.1, -0.05) is 25.1 Å². The summed E-state index contributed by atoms with van der Waals surface area (Å²) in [5.74, 6) is 1.73. The van der Waals surface area contributed by atoms with Crippen LogP contribution in [-0.2, 0) is 16.0 Å². The zero-order valence-electron chi connectivity index (χ0n) is 14.4. The molecule has 1 aromatic heterocycles. The first-order valence-corrected chi connectivity index (χ1v) is 8.89. The maximum absolute atomic E-state index is 12.9. The third-order valence-electron chi connectivity index (χ3n) is 4.96. The fourth-order valence-corrected chi connectivity index (χ4v) is 3.59. The number of carbonyl (C=O) groups is 1. The molecular weight excluding hydrogens is 318 g/mol. The van der Waals surface area contributed by atoms with Gasteiger partial charge in [-0.25, -0.2) is 4.98 Å². The molecule has 2 saturated heterocycles. The third kappa shape index (κ3) is 3.17. The van der Waals surface area contributed by atoms with Crippen LogP contribution in [0.15, 0.2) is 30.3 Å². The van der Waals surface area contributed by atoms with Gasteiger partial charge in [-0.15, -0.1) is 0 Å². The SMILES string of the molecule is CCc1nc([C@@H]2CN([C@H]3CCN(c4ccccc4)C3=O)CCO2)n[nH]1. The monoisotopic (exact) mass is 341 g/mol. The molecule has 1 amide bonds. The van der Waals surface area contributed by atoms with Crippen molar-refractivity contribution in [3.05, 3.63) is 42.0 Å². The van der Waals surface area contributed by atoms with Crippen molar-refractivity contribution in [3.8, 4) is 0 Å². The summed E-state index contributed by atoms with van der Waals surface area (Å²) >= 11 is 0. The first-order valence-electron chi connectivity index (χ1n) is 8.89. The topological polar surface area (TPSA) is 74.3 Å².